The van der Waals surface area contributed by atoms with Crippen molar-refractivity contribution < 1.29 is 10.2 Å². The zero-order chi connectivity index (χ0) is 14.9. The molecule has 0 radical (unpaired) electrons. The fourth-order valence-corrected chi connectivity index (χ4v) is 6.60. The Balaban J connectivity index is 1.73. The number of fused-ring (bicyclic) bond motifs is 5. The van der Waals surface area contributed by atoms with Crippen LogP contribution < -0.4 is 0 Å². The average Bonchev–Trinajstić information content (AvgIpc) is 2.75. The maximum absolute atomic E-state index is 11.5. The van der Waals surface area contributed by atoms with E-state index in [-0.39, 0.29) is 16.9 Å². The van der Waals surface area contributed by atoms with Crippen molar-refractivity contribution >= 4 is 0 Å². The summed E-state index contributed by atoms with van der Waals surface area (Å²) in [6.45, 7) is 4.75. The molecule has 118 valence electrons. The molecule has 4 rings (SSSR count). The van der Waals surface area contributed by atoms with E-state index in [2.05, 4.69) is 19.9 Å². The lowest BCUT2D eigenvalue weighted by Crippen LogP contribution is -2.59. The van der Waals surface area contributed by atoms with Gasteiger partial charge in [0.1, 0.15) is 0 Å². The van der Waals surface area contributed by atoms with E-state index >= 15 is 0 Å². The molecule has 4 aliphatic carbocycles. The predicted molar refractivity (Wildman–Crippen MR) is 83.8 cm³/mol. The Kier molecular flexibility index (Phi) is 2.96. The molecule has 2 N–H and O–H groups in total. The minimum Gasteiger partial charge on any atom is -0.393 e. The van der Waals surface area contributed by atoms with Gasteiger partial charge in [-0.25, -0.2) is 0 Å². The summed E-state index contributed by atoms with van der Waals surface area (Å²) in [4.78, 5) is 0. The molecule has 4 aliphatic rings. The first-order valence-electron chi connectivity index (χ1n) is 8.99. The molecule has 21 heavy (non-hydrogen) atoms. The van der Waals surface area contributed by atoms with Gasteiger partial charge in [0.05, 0.1) is 11.7 Å². The predicted octanol–water partition coefficient (Wildman–Crippen LogP) is 3.82. The van der Waals surface area contributed by atoms with Gasteiger partial charge in [0.25, 0.3) is 0 Å². The zero-order valence-electron chi connectivity index (χ0n) is 13.6. The van der Waals surface area contributed by atoms with Crippen molar-refractivity contribution in [1.29, 1.82) is 0 Å². The van der Waals surface area contributed by atoms with Crippen molar-refractivity contribution in [3.05, 3.63) is 11.6 Å². The van der Waals surface area contributed by atoms with E-state index in [1.54, 1.807) is 0 Å². The maximum atomic E-state index is 11.5. The second-order valence-electron chi connectivity index (χ2n) is 8.87. The summed E-state index contributed by atoms with van der Waals surface area (Å²) in [5.41, 5.74) is 1.45. The third kappa shape index (κ3) is 1.72. The van der Waals surface area contributed by atoms with Crippen molar-refractivity contribution in [2.24, 2.45) is 22.7 Å². The van der Waals surface area contributed by atoms with Crippen LogP contribution in [0.2, 0.25) is 0 Å². The quantitative estimate of drug-likeness (QED) is 0.666. The lowest BCUT2D eigenvalue weighted by Gasteiger charge is -2.60. The largest absolute Gasteiger partial charge is 0.393 e. The van der Waals surface area contributed by atoms with Crippen LogP contribution in [0.5, 0.6) is 0 Å². The molecule has 0 unspecified atom stereocenters. The first kappa shape index (κ1) is 14.3. The van der Waals surface area contributed by atoms with Crippen LogP contribution >= 0.6 is 0 Å². The van der Waals surface area contributed by atoms with Crippen LogP contribution in [0.25, 0.3) is 0 Å². The number of aliphatic hydroxyl groups excluding tert-OH is 1. The van der Waals surface area contributed by atoms with Crippen LogP contribution in [0.4, 0.5) is 0 Å². The minimum atomic E-state index is -0.434. The molecule has 0 bridgehead atoms. The topological polar surface area (TPSA) is 40.5 Å². The summed E-state index contributed by atoms with van der Waals surface area (Å²) >= 11 is 0. The molecule has 0 aromatic rings. The van der Waals surface area contributed by atoms with Gasteiger partial charge < -0.3 is 10.2 Å². The van der Waals surface area contributed by atoms with Gasteiger partial charge in [0.2, 0.25) is 0 Å². The average molecular weight is 290 g/mol. The lowest BCUT2D eigenvalue weighted by molar-refractivity contribution is -0.168. The Labute approximate surface area is 128 Å². The molecule has 6 atom stereocenters. The van der Waals surface area contributed by atoms with Crippen molar-refractivity contribution in [3.8, 4) is 0 Å². The van der Waals surface area contributed by atoms with Crippen LogP contribution in [0.15, 0.2) is 11.6 Å². The summed E-state index contributed by atoms with van der Waals surface area (Å²) in [7, 11) is 0. The third-order valence-corrected chi connectivity index (χ3v) is 8.06. The van der Waals surface area contributed by atoms with E-state index in [0.29, 0.717) is 11.8 Å². The van der Waals surface area contributed by atoms with Crippen LogP contribution in [0, 0.1) is 22.7 Å². The summed E-state index contributed by atoms with van der Waals surface area (Å²) in [6, 6.07) is 0. The Morgan fingerprint density at radius 3 is 2.67 bits per heavy atom. The molecular formula is C19H30O2. The maximum Gasteiger partial charge on any atom is 0.0735 e. The molecule has 0 heterocycles. The van der Waals surface area contributed by atoms with Crippen LogP contribution in [-0.2, 0) is 0 Å². The fourth-order valence-electron chi connectivity index (χ4n) is 6.60. The van der Waals surface area contributed by atoms with Gasteiger partial charge in [-0.2, -0.15) is 0 Å². The van der Waals surface area contributed by atoms with Gasteiger partial charge in [0, 0.05) is 0 Å². The molecule has 2 nitrogen and oxygen atoms in total. The van der Waals surface area contributed by atoms with Crippen molar-refractivity contribution in [1.82, 2.24) is 0 Å². The molecule has 3 saturated carbocycles. The van der Waals surface area contributed by atoms with E-state index in [0.717, 1.165) is 32.1 Å². The van der Waals surface area contributed by atoms with Crippen molar-refractivity contribution in [2.75, 3.05) is 0 Å². The zero-order valence-corrected chi connectivity index (χ0v) is 13.6. The first-order valence-corrected chi connectivity index (χ1v) is 8.99. The highest BCUT2D eigenvalue weighted by molar-refractivity contribution is 5.27. The summed E-state index contributed by atoms with van der Waals surface area (Å²) in [5.74, 6) is 1.07. The molecule has 2 heteroatoms. The highest BCUT2D eigenvalue weighted by Crippen LogP contribution is 2.66. The number of allylic oxidation sites excluding steroid dienone is 1. The van der Waals surface area contributed by atoms with Gasteiger partial charge in [0.15, 0.2) is 0 Å². The molecule has 0 aromatic heterocycles. The number of aliphatic hydroxyl groups is 2. The Bertz CT molecular complexity index is 484. The number of rotatable bonds is 0. The van der Waals surface area contributed by atoms with Gasteiger partial charge in [-0.15, -0.1) is 0 Å². The molecule has 0 amide bonds. The van der Waals surface area contributed by atoms with Crippen LogP contribution in [-0.4, -0.2) is 21.9 Å². The second-order valence-corrected chi connectivity index (χ2v) is 8.87. The highest BCUT2D eigenvalue weighted by Gasteiger charge is 2.63. The smallest absolute Gasteiger partial charge is 0.0735 e. The molecular weight excluding hydrogens is 260 g/mol. The van der Waals surface area contributed by atoms with E-state index in [9.17, 15) is 10.2 Å². The monoisotopic (exact) mass is 290 g/mol. The Morgan fingerprint density at radius 1 is 1.05 bits per heavy atom. The normalized spacial score (nSPS) is 56.2. The van der Waals surface area contributed by atoms with Crippen molar-refractivity contribution in [2.45, 2.75) is 83.3 Å². The molecule has 0 saturated heterocycles. The highest BCUT2D eigenvalue weighted by atomic mass is 16.3. The van der Waals surface area contributed by atoms with E-state index < -0.39 is 5.60 Å². The molecule has 0 spiro atoms. The van der Waals surface area contributed by atoms with E-state index in [1.165, 1.54) is 31.3 Å². The standard InChI is InChI=1S/C19H30O2/c1-17-8-3-9-19(17,21)16-5-4-13-12-14(20)6-11-18(13,2)15(16)7-10-17/h4,14-16,20-21H,3,5-12H2,1-2H3/t14-,15-,16+,17-,18-,19+/m0/s1. The summed E-state index contributed by atoms with van der Waals surface area (Å²) in [6.07, 6.45) is 12.1. The van der Waals surface area contributed by atoms with Gasteiger partial charge >= 0.3 is 0 Å². The van der Waals surface area contributed by atoms with E-state index in [4.69, 9.17) is 0 Å². The lowest BCUT2D eigenvalue weighted by atomic mass is 9.46. The van der Waals surface area contributed by atoms with Gasteiger partial charge in [-0.3, -0.25) is 0 Å². The van der Waals surface area contributed by atoms with Crippen LogP contribution in [0.3, 0.4) is 0 Å². The molecule has 0 aromatic carbocycles. The summed E-state index contributed by atoms with van der Waals surface area (Å²) < 4.78 is 0. The van der Waals surface area contributed by atoms with Gasteiger partial charge in [-0.1, -0.05) is 25.5 Å². The van der Waals surface area contributed by atoms with Gasteiger partial charge in [-0.05, 0) is 80.5 Å². The third-order valence-electron chi connectivity index (χ3n) is 8.06. The molecule has 0 aliphatic heterocycles. The fraction of sp³-hybridized carbons (Fsp3) is 0.895. The number of hydrogen-bond donors (Lipinski definition) is 2. The van der Waals surface area contributed by atoms with Crippen LogP contribution in [0.1, 0.15) is 71.6 Å². The Morgan fingerprint density at radius 2 is 1.86 bits per heavy atom. The van der Waals surface area contributed by atoms with E-state index in [1.807, 2.05) is 0 Å². The minimum absolute atomic E-state index is 0.135. The van der Waals surface area contributed by atoms with Crippen molar-refractivity contribution in [3.63, 3.8) is 0 Å². The number of hydrogen-bond acceptors (Lipinski definition) is 2. The SMILES string of the molecule is C[C@@]12CCC[C@@]1(O)[C@@H]1CC=C3C[C@@H](O)CC[C@]3(C)[C@H]1CC2. The molecule has 3 fully saturated rings. The first-order chi connectivity index (χ1) is 9.89. The Hall–Kier alpha value is -0.340. The summed E-state index contributed by atoms with van der Waals surface area (Å²) in [5, 5.41) is 21.6. The second kappa shape index (κ2) is 4.35.